The van der Waals surface area contributed by atoms with E-state index in [1.807, 2.05) is 0 Å². The summed E-state index contributed by atoms with van der Waals surface area (Å²) in [5.41, 5.74) is 3.36. The van der Waals surface area contributed by atoms with E-state index >= 15 is 0 Å². The second-order valence-corrected chi connectivity index (χ2v) is 6.07. The number of nitrogens with one attached hydrogen (secondary N) is 2. The highest BCUT2D eigenvalue weighted by molar-refractivity contribution is 6.06. The molecule has 2 aromatic carbocycles. The Labute approximate surface area is 160 Å². The van der Waals surface area contributed by atoms with Crippen molar-refractivity contribution in [1.82, 2.24) is 5.43 Å². The third-order valence-corrected chi connectivity index (χ3v) is 3.83. The van der Waals surface area contributed by atoms with E-state index < -0.39 is 11.7 Å². The topological polar surface area (TPSA) is 129 Å². The van der Waals surface area contributed by atoms with E-state index in [9.17, 15) is 19.8 Å². The first-order valence-corrected chi connectivity index (χ1v) is 8.47. The molecular weight excluding hydrogens is 366 g/mol. The van der Waals surface area contributed by atoms with Crippen LogP contribution in [0.15, 0.2) is 41.5 Å². The van der Waals surface area contributed by atoms with Crippen molar-refractivity contribution in [2.24, 2.45) is 5.10 Å². The summed E-state index contributed by atoms with van der Waals surface area (Å²) in [7, 11) is 0. The van der Waals surface area contributed by atoms with Crippen LogP contribution in [0.5, 0.6) is 23.0 Å². The first-order chi connectivity index (χ1) is 13.4. The smallest absolute Gasteiger partial charge is 0.271 e. The van der Waals surface area contributed by atoms with Crippen molar-refractivity contribution in [1.29, 1.82) is 0 Å². The molecule has 1 aliphatic rings. The first-order valence-electron chi connectivity index (χ1n) is 8.47. The lowest BCUT2D eigenvalue weighted by Gasteiger charge is -2.19. The molecule has 3 rings (SSSR count). The second-order valence-electron chi connectivity index (χ2n) is 6.07. The largest absolute Gasteiger partial charge is 0.504 e. The molecule has 146 valence electrons. The SMILES string of the molecule is C/C(CC(=O)Nc1ccc2c(c1)OCCO2)=N/NC(=O)c1ccc(O)c(O)c1. The highest BCUT2D eigenvalue weighted by atomic mass is 16.6. The molecule has 0 unspecified atom stereocenters. The van der Waals surface area contributed by atoms with E-state index in [0.717, 1.165) is 6.07 Å². The molecule has 2 amide bonds. The molecule has 0 bridgehead atoms. The van der Waals surface area contributed by atoms with Gasteiger partial charge in [0.2, 0.25) is 5.91 Å². The monoisotopic (exact) mass is 385 g/mol. The quantitative estimate of drug-likeness (QED) is 0.354. The summed E-state index contributed by atoms with van der Waals surface area (Å²) in [4.78, 5) is 24.1. The normalized spacial score (nSPS) is 13.0. The second kappa shape index (κ2) is 8.30. The minimum atomic E-state index is -0.582. The van der Waals surface area contributed by atoms with Crippen LogP contribution < -0.4 is 20.2 Å². The maximum Gasteiger partial charge on any atom is 0.271 e. The minimum absolute atomic E-state index is 0.0322. The van der Waals surface area contributed by atoms with Crippen LogP contribution in [0.3, 0.4) is 0 Å². The third-order valence-electron chi connectivity index (χ3n) is 3.83. The fourth-order valence-electron chi connectivity index (χ4n) is 2.47. The van der Waals surface area contributed by atoms with Gasteiger partial charge >= 0.3 is 0 Å². The molecule has 0 fully saturated rings. The highest BCUT2D eigenvalue weighted by Crippen LogP contribution is 2.32. The predicted molar refractivity (Wildman–Crippen MR) is 101 cm³/mol. The van der Waals surface area contributed by atoms with Gasteiger partial charge in [0, 0.05) is 23.0 Å². The Bertz CT molecular complexity index is 941. The average Bonchev–Trinajstić information content (AvgIpc) is 2.68. The van der Waals surface area contributed by atoms with Gasteiger partial charge in [0.25, 0.3) is 5.91 Å². The molecule has 0 saturated heterocycles. The number of phenols is 2. The van der Waals surface area contributed by atoms with Gasteiger partial charge < -0.3 is 25.0 Å². The molecular formula is C19H19N3O6. The van der Waals surface area contributed by atoms with Gasteiger partial charge in [-0.2, -0.15) is 5.10 Å². The summed E-state index contributed by atoms with van der Waals surface area (Å²) in [5, 5.41) is 25.3. The van der Waals surface area contributed by atoms with Gasteiger partial charge in [-0.15, -0.1) is 0 Å². The number of benzene rings is 2. The van der Waals surface area contributed by atoms with Crippen molar-refractivity contribution in [3.05, 3.63) is 42.0 Å². The van der Waals surface area contributed by atoms with E-state index in [0.29, 0.717) is 36.1 Å². The highest BCUT2D eigenvalue weighted by Gasteiger charge is 2.13. The lowest BCUT2D eigenvalue weighted by Crippen LogP contribution is -2.21. The molecule has 28 heavy (non-hydrogen) atoms. The van der Waals surface area contributed by atoms with Gasteiger partial charge in [-0.05, 0) is 37.3 Å². The van der Waals surface area contributed by atoms with Crippen LogP contribution >= 0.6 is 0 Å². The number of aromatic hydroxyl groups is 2. The number of amides is 2. The summed E-state index contributed by atoms with van der Waals surface area (Å²) in [6.07, 6.45) is -0.0322. The van der Waals surface area contributed by atoms with E-state index in [4.69, 9.17) is 9.47 Å². The Balaban J connectivity index is 1.54. The van der Waals surface area contributed by atoms with Crippen molar-refractivity contribution in [3.63, 3.8) is 0 Å². The number of phenolic OH excluding ortho intramolecular Hbond substituents is 2. The van der Waals surface area contributed by atoms with Gasteiger partial charge in [0.1, 0.15) is 13.2 Å². The number of ether oxygens (including phenoxy) is 2. The summed E-state index contributed by atoms with van der Waals surface area (Å²) in [6, 6.07) is 8.75. The fourth-order valence-corrected chi connectivity index (χ4v) is 2.47. The average molecular weight is 385 g/mol. The number of rotatable bonds is 5. The molecule has 0 atom stereocenters. The standard InChI is InChI=1S/C19H19N3O6/c1-11(21-22-19(26)12-2-4-14(23)15(24)9-12)8-18(25)20-13-3-5-16-17(10-13)28-7-6-27-16/h2-5,9-10,23-24H,6-8H2,1H3,(H,20,25)(H,22,26)/b21-11-. The number of fused-ring (bicyclic) bond motifs is 1. The van der Waals surface area contributed by atoms with Crippen LogP contribution in [0.4, 0.5) is 5.69 Å². The van der Waals surface area contributed by atoms with Crippen molar-refractivity contribution in [2.45, 2.75) is 13.3 Å². The van der Waals surface area contributed by atoms with E-state index in [2.05, 4.69) is 15.8 Å². The number of carbonyl (C=O) groups excluding carboxylic acids is 2. The van der Waals surface area contributed by atoms with Crippen LogP contribution in [0.2, 0.25) is 0 Å². The molecule has 0 aromatic heterocycles. The first kappa shape index (κ1) is 19.0. The van der Waals surface area contributed by atoms with Gasteiger partial charge in [-0.1, -0.05) is 0 Å². The van der Waals surface area contributed by atoms with Crippen LogP contribution in [-0.4, -0.2) is 41.0 Å². The summed E-state index contributed by atoms with van der Waals surface area (Å²) in [6.45, 7) is 2.54. The number of hydrogen-bond acceptors (Lipinski definition) is 7. The fraction of sp³-hybridized carbons (Fsp3) is 0.211. The summed E-state index contributed by atoms with van der Waals surface area (Å²) < 4.78 is 10.9. The van der Waals surface area contributed by atoms with Crippen LogP contribution in [0.25, 0.3) is 0 Å². The predicted octanol–water partition coefficient (Wildman–Crippen LogP) is 2.00. The summed E-state index contributed by atoms with van der Waals surface area (Å²) >= 11 is 0. The molecule has 0 radical (unpaired) electrons. The van der Waals surface area contributed by atoms with E-state index in [-0.39, 0.29) is 23.6 Å². The van der Waals surface area contributed by atoms with Crippen molar-refractivity contribution >= 4 is 23.2 Å². The van der Waals surface area contributed by atoms with Gasteiger partial charge in [0.15, 0.2) is 23.0 Å². The maximum atomic E-state index is 12.2. The Hall–Kier alpha value is -3.75. The third kappa shape index (κ3) is 4.70. The molecule has 1 aliphatic heterocycles. The van der Waals surface area contributed by atoms with Crippen LogP contribution in [-0.2, 0) is 4.79 Å². The minimum Gasteiger partial charge on any atom is -0.504 e. The molecule has 1 heterocycles. The molecule has 4 N–H and O–H groups in total. The molecule has 0 saturated carbocycles. The number of carbonyl (C=O) groups is 2. The number of hydrazone groups is 1. The van der Waals surface area contributed by atoms with Crippen molar-refractivity contribution in [3.8, 4) is 23.0 Å². The zero-order valence-electron chi connectivity index (χ0n) is 15.1. The molecule has 0 spiro atoms. The molecule has 9 nitrogen and oxygen atoms in total. The van der Waals surface area contributed by atoms with Gasteiger partial charge in [-0.25, -0.2) is 5.43 Å². The van der Waals surface area contributed by atoms with Gasteiger partial charge in [0.05, 0.1) is 6.42 Å². The Morgan fingerprint density at radius 3 is 2.54 bits per heavy atom. The molecule has 0 aliphatic carbocycles. The Morgan fingerprint density at radius 1 is 1.04 bits per heavy atom. The van der Waals surface area contributed by atoms with E-state index in [1.165, 1.54) is 12.1 Å². The Morgan fingerprint density at radius 2 is 1.79 bits per heavy atom. The number of nitrogens with zero attached hydrogens (tertiary/aromatic N) is 1. The van der Waals surface area contributed by atoms with Crippen LogP contribution in [0.1, 0.15) is 23.7 Å². The van der Waals surface area contributed by atoms with Gasteiger partial charge in [-0.3, -0.25) is 9.59 Å². The lowest BCUT2D eigenvalue weighted by atomic mass is 10.2. The zero-order chi connectivity index (χ0) is 20.1. The van der Waals surface area contributed by atoms with Crippen molar-refractivity contribution < 1.29 is 29.3 Å². The van der Waals surface area contributed by atoms with Crippen LogP contribution in [0, 0.1) is 0 Å². The lowest BCUT2D eigenvalue weighted by molar-refractivity contribution is -0.115. The number of anilines is 1. The van der Waals surface area contributed by atoms with Crippen molar-refractivity contribution in [2.75, 3.05) is 18.5 Å². The number of hydrogen-bond donors (Lipinski definition) is 4. The molecule has 2 aromatic rings. The van der Waals surface area contributed by atoms with E-state index in [1.54, 1.807) is 25.1 Å². The Kier molecular flexibility index (Phi) is 5.64. The maximum absolute atomic E-state index is 12.2. The molecule has 9 heteroatoms. The zero-order valence-corrected chi connectivity index (χ0v) is 15.1. The summed E-state index contributed by atoms with van der Waals surface area (Å²) in [5.74, 6) is -0.431.